The molecule has 0 saturated heterocycles. The zero-order valence-electron chi connectivity index (χ0n) is 14.0. The van der Waals surface area contributed by atoms with Crippen LogP contribution >= 0.6 is 11.6 Å². The van der Waals surface area contributed by atoms with E-state index in [1.54, 1.807) is 37.4 Å². The van der Waals surface area contributed by atoms with E-state index in [1.165, 1.54) is 17.2 Å². The molecule has 0 saturated carbocycles. The predicted octanol–water partition coefficient (Wildman–Crippen LogP) is 4.26. The molecule has 3 rings (SSSR count). The van der Waals surface area contributed by atoms with Gasteiger partial charge in [0.1, 0.15) is 5.69 Å². The minimum absolute atomic E-state index is 0.160. The first-order chi connectivity index (χ1) is 12.5. The first kappa shape index (κ1) is 17.6. The second kappa shape index (κ2) is 7.80. The van der Waals surface area contributed by atoms with Crippen molar-refractivity contribution in [3.63, 3.8) is 0 Å². The lowest BCUT2D eigenvalue weighted by Crippen LogP contribution is -2.26. The molecule has 0 fully saturated rings. The molecule has 130 valence electrons. The molecular weight excluding hydrogens is 350 g/mol. The van der Waals surface area contributed by atoms with Gasteiger partial charge in [0.05, 0.1) is 0 Å². The summed E-state index contributed by atoms with van der Waals surface area (Å²) in [6.45, 7) is 0. The van der Waals surface area contributed by atoms with Gasteiger partial charge in [-0.2, -0.15) is 0 Å². The van der Waals surface area contributed by atoms with Gasteiger partial charge in [0.15, 0.2) is 0 Å². The Balaban J connectivity index is 1.78. The summed E-state index contributed by atoms with van der Waals surface area (Å²) >= 11 is 5.83. The number of anilines is 2. The van der Waals surface area contributed by atoms with Crippen molar-refractivity contribution in [2.24, 2.45) is 0 Å². The van der Waals surface area contributed by atoms with Gasteiger partial charge in [-0.15, -0.1) is 0 Å². The number of carbonyl (C=O) groups excluding carboxylic acids is 2. The van der Waals surface area contributed by atoms with Crippen molar-refractivity contribution in [2.75, 3.05) is 17.3 Å². The number of nitrogens with zero attached hydrogens (tertiary/aromatic N) is 2. The predicted molar refractivity (Wildman–Crippen MR) is 103 cm³/mol. The number of nitrogens with one attached hydrogen (secondary N) is 1. The monoisotopic (exact) mass is 365 g/mol. The van der Waals surface area contributed by atoms with Crippen LogP contribution in [0.25, 0.3) is 0 Å². The molecule has 0 aliphatic rings. The largest absolute Gasteiger partial charge is 0.321 e. The molecular formula is C20H16ClN3O2. The van der Waals surface area contributed by atoms with Gasteiger partial charge in [0.2, 0.25) is 0 Å². The fourth-order valence-corrected chi connectivity index (χ4v) is 2.50. The zero-order valence-corrected chi connectivity index (χ0v) is 14.8. The number of aromatic nitrogens is 1. The summed E-state index contributed by atoms with van der Waals surface area (Å²) < 4.78 is 0. The highest BCUT2D eigenvalue weighted by Gasteiger charge is 2.16. The van der Waals surface area contributed by atoms with Crippen molar-refractivity contribution in [1.29, 1.82) is 0 Å². The summed E-state index contributed by atoms with van der Waals surface area (Å²) in [4.78, 5) is 30.6. The molecule has 5 nitrogen and oxygen atoms in total. The van der Waals surface area contributed by atoms with Gasteiger partial charge in [0, 0.05) is 35.2 Å². The van der Waals surface area contributed by atoms with E-state index in [0.717, 1.165) is 5.69 Å². The van der Waals surface area contributed by atoms with Gasteiger partial charge in [-0.05, 0) is 48.5 Å². The minimum Gasteiger partial charge on any atom is -0.321 e. The lowest BCUT2D eigenvalue weighted by Gasteiger charge is -2.17. The minimum atomic E-state index is -0.399. The van der Waals surface area contributed by atoms with E-state index < -0.39 is 5.91 Å². The van der Waals surface area contributed by atoms with Crippen molar-refractivity contribution in [2.45, 2.75) is 0 Å². The molecule has 0 atom stereocenters. The Kier molecular flexibility index (Phi) is 5.29. The summed E-state index contributed by atoms with van der Waals surface area (Å²) in [6.07, 6.45) is 1.45. The molecule has 0 radical (unpaired) electrons. The van der Waals surface area contributed by atoms with Crippen LogP contribution in [0.1, 0.15) is 20.8 Å². The quantitative estimate of drug-likeness (QED) is 0.751. The van der Waals surface area contributed by atoms with Crippen LogP contribution in [-0.4, -0.2) is 23.8 Å². The van der Waals surface area contributed by atoms with E-state index in [0.29, 0.717) is 16.3 Å². The average molecular weight is 366 g/mol. The normalized spacial score (nSPS) is 10.2. The summed E-state index contributed by atoms with van der Waals surface area (Å²) in [6, 6.07) is 19.1. The molecule has 3 aromatic rings. The Hall–Kier alpha value is -3.18. The van der Waals surface area contributed by atoms with Gasteiger partial charge < -0.3 is 10.2 Å². The van der Waals surface area contributed by atoms with Crippen molar-refractivity contribution in [3.05, 3.63) is 89.2 Å². The molecule has 0 bridgehead atoms. The highest BCUT2D eigenvalue weighted by atomic mass is 35.5. The second-order valence-electron chi connectivity index (χ2n) is 5.59. The SMILES string of the molecule is CN(C(=O)c1ccnc(C(=O)Nc2ccc(Cl)cc2)c1)c1ccccc1. The maximum atomic E-state index is 12.7. The number of hydrogen-bond donors (Lipinski definition) is 1. The molecule has 1 N–H and O–H groups in total. The third-order valence-electron chi connectivity index (χ3n) is 3.79. The molecule has 0 spiro atoms. The van der Waals surface area contributed by atoms with Gasteiger partial charge in [-0.1, -0.05) is 29.8 Å². The Labute approximate surface area is 156 Å². The van der Waals surface area contributed by atoms with Crippen LogP contribution in [0.5, 0.6) is 0 Å². The van der Waals surface area contributed by atoms with E-state index in [4.69, 9.17) is 11.6 Å². The number of halogens is 1. The first-order valence-electron chi connectivity index (χ1n) is 7.90. The highest BCUT2D eigenvalue weighted by molar-refractivity contribution is 6.30. The summed E-state index contributed by atoms with van der Waals surface area (Å²) in [7, 11) is 1.69. The molecule has 6 heteroatoms. The third-order valence-corrected chi connectivity index (χ3v) is 4.04. The van der Waals surface area contributed by atoms with Crippen LogP contribution in [0.3, 0.4) is 0 Å². The first-order valence-corrected chi connectivity index (χ1v) is 8.28. The molecule has 0 unspecified atom stereocenters. The van der Waals surface area contributed by atoms with Crippen LogP contribution in [-0.2, 0) is 0 Å². The van der Waals surface area contributed by atoms with Crippen molar-refractivity contribution < 1.29 is 9.59 Å². The van der Waals surface area contributed by atoms with Crippen LogP contribution in [0.2, 0.25) is 5.02 Å². The smallest absolute Gasteiger partial charge is 0.274 e. The summed E-state index contributed by atoms with van der Waals surface area (Å²) in [5.74, 6) is -0.622. The van der Waals surface area contributed by atoms with Crippen LogP contribution in [0.15, 0.2) is 72.9 Å². The maximum absolute atomic E-state index is 12.7. The zero-order chi connectivity index (χ0) is 18.5. The fourth-order valence-electron chi connectivity index (χ4n) is 2.38. The van der Waals surface area contributed by atoms with Gasteiger partial charge in [-0.3, -0.25) is 14.6 Å². The number of para-hydroxylation sites is 1. The number of pyridine rings is 1. The van der Waals surface area contributed by atoms with Gasteiger partial charge in [0.25, 0.3) is 11.8 Å². The number of carbonyl (C=O) groups is 2. The molecule has 26 heavy (non-hydrogen) atoms. The van der Waals surface area contributed by atoms with Crippen LogP contribution < -0.4 is 10.2 Å². The highest BCUT2D eigenvalue weighted by Crippen LogP contribution is 2.17. The summed E-state index contributed by atoms with van der Waals surface area (Å²) in [5.41, 5.74) is 1.90. The van der Waals surface area contributed by atoms with E-state index >= 15 is 0 Å². The topological polar surface area (TPSA) is 62.3 Å². The van der Waals surface area contributed by atoms with Crippen LogP contribution in [0.4, 0.5) is 11.4 Å². The van der Waals surface area contributed by atoms with Gasteiger partial charge >= 0.3 is 0 Å². The van der Waals surface area contributed by atoms with Crippen molar-refractivity contribution >= 4 is 34.8 Å². The summed E-state index contributed by atoms with van der Waals surface area (Å²) in [5, 5.41) is 3.31. The number of hydrogen-bond acceptors (Lipinski definition) is 3. The molecule has 0 aliphatic heterocycles. The maximum Gasteiger partial charge on any atom is 0.274 e. The van der Waals surface area contributed by atoms with Crippen molar-refractivity contribution in [1.82, 2.24) is 4.98 Å². The number of benzene rings is 2. The van der Waals surface area contributed by atoms with E-state index in [-0.39, 0.29) is 11.6 Å². The van der Waals surface area contributed by atoms with Crippen molar-refractivity contribution in [3.8, 4) is 0 Å². The van der Waals surface area contributed by atoms with E-state index in [2.05, 4.69) is 10.3 Å². The number of rotatable bonds is 4. The standard InChI is InChI=1S/C20H16ClN3O2/c1-24(17-5-3-2-4-6-17)20(26)14-11-12-22-18(13-14)19(25)23-16-9-7-15(21)8-10-16/h2-13H,1H3,(H,23,25). The Morgan fingerprint density at radius 2 is 1.69 bits per heavy atom. The van der Waals surface area contributed by atoms with E-state index in [1.807, 2.05) is 30.3 Å². The molecule has 1 aromatic heterocycles. The molecule has 0 aliphatic carbocycles. The Morgan fingerprint density at radius 1 is 1.00 bits per heavy atom. The molecule has 2 amide bonds. The van der Waals surface area contributed by atoms with E-state index in [9.17, 15) is 9.59 Å². The average Bonchev–Trinajstić information content (AvgIpc) is 2.69. The number of amides is 2. The Morgan fingerprint density at radius 3 is 2.38 bits per heavy atom. The second-order valence-corrected chi connectivity index (χ2v) is 6.03. The lowest BCUT2D eigenvalue weighted by molar-refractivity contribution is 0.0993. The van der Waals surface area contributed by atoms with Crippen LogP contribution in [0, 0.1) is 0 Å². The molecule has 2 aromatic carbocycles. The van der Waals surface area contributed by atoms with Gasteiger partial charge in [-0.25, -0.2) is 0 Å². The third kappa shape index (κ3) is 4.07. The fraction of sp³-hybridized carbons (Fsp3) is 0.0500. The molecule has 1 heterocycles. The lowest BCUT2D eigenvalue weighted by atomic mass is 10.2. The Bertz CT molecular complexity index is 927.